The van der Waals surface area contributed by atoms with Crippen LogP contribution in [0.2, 0.25) is 0 Å². The number of carbonyl (C=O) groups is 1. The summed E-state index contributed by atoms with van der Waals surface area (Å²) in [5.41, 5.74) is 3.65. The molecule has 166 valence electrons. The molecule has 0 unspecified atom stereocenters. The number of aliphatic carboxylic acids is 1. The largest absolute Gasteiger partial charge is 0.493 e. The van der Waals surface area contributed by atoms with Crippen LogP contribution in [0, 0.1) is 0 Å². The highest BCUT2D eigenvalue weighted by Gasteiger charge is 2.18. The third-order valence-corrected chi connectivity index (χ3v) is 5.62. The summed E-state index contributed by atoms with van der Waals surface area (Å²) in [5.74, 6) is 0.510. The Morgan fingerprint density at radius 2 is 1.75 bits per heavy atom. The van der Waals surface area contributed by atoms with Crippen molar-refractivity contribution in [2.45, 2.75) is 51.9 Å². The molecule has 0 amide bonds. The first-order valence-electron chi connectivity index (χ1n) is 11.1. The van der Waals surface area contributed by atoms with Gasteiger partial charge in [0.15, 0.2) is 5.58 Å². The average molecular weight is 432 g/mol. The van der Waals surface area contributed by atoms with Crippen molar-refractivity contribution in [2.24, 2.45) is 0 Å². The lowest BCUT2D eigenvalue weighted by atomic mass is 9.87. The number of hydrogen-bond acceptors (Lipinski definition) is 4. The lowest BCUT2D eigenvalue weighted by molar-refractivity contribution is -0.137. The molecule has 1 N–H and O–H groups in total. The van der Waals surface area contributed by atoms with Crippen molar-refractivity contribution in [3.8, 4) is 17.2 Å². The van der Waals surface area contributed by atoms with E-state index in [4.69, 9.17) is 19.2 Å². The molecule has 0 aliphatic rings. The topological polar surface area (TPSA) is 72.6 Å². The summed E-state index contributed by atoms with van der Waals surface area (Å²) in [7, 11) is 0. The number of nitrogens with zero attached hydrogens (tertiary/aromatic N) is 1. The van der Waals surface area contributed by atoms with Gasteiger partial charge >= 0.3 is 5.97 Å². The molecule has 0 atom stereocenters. The smallest absolute Gasteiger partial charge is 0.303 e. The Kier molecular flexibility index (Phi) is 6.17. The van der Waals surface area contributed by atoms with Crippen molar-refractivity contribution in [3.63, 3.8) is 0 Å². The van der Waals surface area contributed by atoms with E-state index in [9.17, 15) is 4.79 Å². The number of rotatable bonds is 8. The minimum absolute atomic E-state index is 0.0329. The van der Waals surface area contributed by atoms with Crippen LogP contribution < -0.4 is 4.74 Å². The van der Waals surface area contributed by atoms with Gasteiger partial charge in [0, 0.05) is 6.42 Å². The number of benzene rings is 3. The minimum Gasteiger partial charge on any atom is -0.493 e. The summed E-state index contributed by atoms with van der Waals surface area (Å²) in [6.07, 6.45) is 2.46. The fourth-order valence-corrected chi connectivity index (χ4v) is 3.75. The minimum atomic E-state index is -0.756. The van der Waals surface area contributed by atoms with Crippen molar-refractivity contribution in [2.75, 3.05) is 6.61 Å². The van der Waals surface area contributed by atoms with Gasteiger partial charge < -0.3 is 14.3 Å². The molecule has 0 fully saturated rings. The van der Waals surface area contributed by atoms with Crippen molar-refractivity contribution >= 4 is 27.8 Å². The van der Waals surface area contributed by atoms with E-state index in [-0.39, 0.29) is 11.8 Å². The maximum absolute atomic E-state index is 10.7. The SMILES string of the molecule is CC(C)(C)c1ccc2oc(-c3cc4ccccc4cc3OCCCCCC(=O)O)nc2c1. The zero-order valence-electron chi connectivity index (χ0n) is 18.9. The van der Waals surface area contributed by atoms with Crippen LogP contribution in [0.4, 0.5) is 0 Å². The molecule has 0 aliphatic carbocycles. The third kappa shape index (κ3) is 4.93. The van der Waals surface area contributed by atoms with Crippen LogP contribution in [-0.4, -0.2) is 22.7 Å². The summed E-state index contributed by atoms with van der Waals surface area (Å²) >= 11 is 0. The molecule has 0 bridgehead atoms. The molecule has 1 heterocycles. The predicted molar refractivity (Wildman–Crippen MR) is 127 cm³/mol. The summed E-state index contributed by atoms with van der Waals surface area (Å²) in [5, 5.41) is 11.0. The molecule has 0 saturated heterocycles. The lowest BCUT2D eigenvalue weighted by Gasteiger charge is -2.18. The number of fused-ring (bicyclic) bond motifs is 2. The van der Waals surface area contributed by atoms with Crippen LogP contribution in [0.25, 0.3) is 33.3 Å². The van der Waals surface area contributed by atoms with Crippen LogP contribution in [0.1, 0.15) is 52.0 Å². The van der Waals surface area contributed by atoms with Crippen molar-refractivity contribution < 1.29 is 19.1 Å². The Labute approximate surface area is 188 Å². The maximum atomic E-state index is 10.7. The summed E-state index contributed by atoms with van der Waals surface area (Å²) in [6, 6.07) is 18.4. The number of carboxylic acid groups (broad SMARTS) is 1. The van der Waals surface area contributed by atoms with Gasteiger partial charge in [-0.3, -0.25) is 4.79 Å². The molecule has 3 aromatic carbocycles. The molecular weight excluding hydrogens is 402 g/mol. The van der Waals surface area contributed by atoms with Gasteiger partial charge in [0.2, 0.25) is 5.89 Å². The first kappa shape index (κ1) is 21.9. The first-order chi connectivity index (χ1) is 15.3. The molecule has 32 heavy (non-hydrogen) atoms. The fourth-order valence-electron chi connectivity index (χ4n) is 3.75. The Morgan fingerprint density at radius 1 is 1.00 bits per heavy atom. The van der Waals surface area contributed by atoms with Gasteiger partial charge in [0.05, 0.1) is 12.2 Å². The number of unbranched alkanes of at least 4 members (excludes halogenated alkanes) is 2. The Balaban J connectivity index is 1.64. The van der Waals surface area contributed by atoms with Gasteiger partial charge in [-0.25, -0.2) is 4.98 Å². The van der Waals surface area contributed by atoms with Crippen molar-refractivity contribution in [1.29, 1.82) is 0 Å². The van der Waals surface area contributed by atoms with Gasteiger partial charge in [0.25, 0.3) is 0 Å². The monoisotopic (exact) mass is 431 g/mol. The summed E-state index contributed by atoms with van der Waals surface area (Å²) in [4.78, 5) is 15.5. The molecule has 0 saturated carbocycles. The van der Waals surface area contributed by atoms with E-state index in [1.165, 1.54) is 5.56 Å². The van der Waals surface area contributed by atoms with Gasteiger partial charge in [-0.2, -0.15) is 0 Å². The molecule has 4 rings (SSSR count). The van der Waals surface area contributed by atoms with E-state index in [0.717, 1.165) is 46.0 Å². The third-order valence-electron chi connectivity index (χ3n) is 5.62. The van der Waals surface area contributed by atoms with Crippen LogP contribution in [0.15, 0.2) is 59.0 Å². The van der Waals surface area contributed by atoms with E-state index < -0.39 is 5.97 Å². The normalized spacial score (nSPS) is 11.8. The number of aromatic nitrogens is 1. The van der Waals surface area contributed by atoms with Crippen molar-refractivity contribution in [1.82, 2.24) is 4.98 Å². The molecule has 5 heteroatoms. The average Bonchev–Trinajstić information content (AvgIpc) is 3.18. The standard InChI is InChI=1S/C27H29NO4/c1-27(2,3)20-12-13-23-22(17-20)28-26(32-23)21-15-18-9-6-7-10-19(18)16-24(21)31-14-8-4-5-11-25(29)30/h6-7,9-10,12-13,15-17H,4-5,8,11,14H2,1-3H3,(H,29,30). The maximum Gasteiger partial charge on any atom is 0.303 e. The quantitative estimate of drug-likeness (QED) is 0.305. The van der Waals surface area contributed by atoms with Crippen LogP contribution in [0.3, 0.4) is 0 Å². The fraction of sp³-hybridized carbons (Fsp3) is 0.333. The molecule has 4 aromatic rings. The Morgan fingerprint density at radius 3 is 2.47 bits per heavy atom. The number of hydrogen-bond donors (Lipinski definition) is 1. The van der Waals surface area contributed by atoms with E-state index in [1.807, 2.05) is 24.3 Å². The Bertz CT molecular complexity index is 1250. The molecule has 1 aromatic heterocycles. The second-order valence-electron chi connectivity index (χ2n) is 9.20. The van der Waals surface area contributed by atoms with Crippen LogP contribution in [-0.2, 0) is 10.2 Å². The van der Waals surface area contributed by atoms with Gasteiger partial charge in [0.1, 0.15) is 11.3 Å². The Hall–Kier alpha value is -3.34. The molecule has 0 spiro atoms. The highest BCUT2D eigenvalue weighted by molar-refractivity contribution is 5.90. The van der Waals surface area contributed by atoms with Crippen LogP contribution in [0.5, 0.6) is 5.75 Å². The second kappa shape index (κ2) is 9.03. The van der Waals surface area contributed by atoms with Crippen LogP contribution >= 0.6 is 0 Å². The second-order valence-corrected chi connectivity index (χ2v) is 9.20. The molecule has 0 radical (unpaired) electrons. The number of ether oxygens (including phenoxy) is 1. The zero-order valence-corrected chi connectivity index (χ0v) is 18.9. The van der Waals surface area contributed by atoms with E-state index in [0.29, 0.717) is 18.9 Å². The molecule has 5 nitrogen and oxygen atoms in total. The molecular formula is C27H29NO4. The number of carboxylic acids is 1. The van der Waals surface area contributed by atoms with Gasteiger partial charge in [-0.15, -0.1) is 0 Å². The number of oxazole rings is 1. The highest BCUT2D eigenvalue weighted by Crippen LogP contribution is 2.36. The van der Waals surface area contributed by atoms with E-state index >= 15 is 0 Å². The van der Waals surface area contributed by atoms with E-state index in [2.05, 4.69) is 51.1 Å². The molecule has 0 aliphatic heterocycles. The van der Waals surface area contributed by atoms with Gasteiger partial charge in [-0.05, 0) is 65.3 Å². The van der Waals surface area contributed by atoms with Gasteiger partial charge in [-0.1, -0.05) is 51.1 Å². The highest BCUT2D eigenvalue weighted by atomic mass is 16.5. The predicted octanol–water partition coefficient (Wildman–Crippen LogP) is 6.97. The summed E-state index contributed by atoms with van der Waals surface area (Å²) in [6.45, 7) is 7.06. The summed E-state index contributed by atoms with van der Waals surface area (Å²) < 4.78 is 12.3. The zero-order chi connectivity index (χ0) is 22.7. The van der Waals surface area contributed by atoms with E-state index in [1.54, 1.807) is 0 Å². The van der Waals surface area contributed by atoms with Crippen molar-refractivity contribution in [3.05, 3.63) is 60.2 Å². The first-order valence-corrected chi connectivity index (χ1v) is 11.1. The lowest BCUT2D eigenvalue weighted by Crippen LogP contribution is -2.10.